The number of aromatic nitrogens is 1. The van der Waals surface area contributed by atoms with E-state index in [1.54, 1.807) is 0 Å². The van der Waals surface area contributed by atoms with Crippen molar-refractivity contribution >= 4 is 90.0 Å². The van der Waals surface area contributed by atoms with Crippen LogP contribution in [0.3, 0.4) is 0 Å². The lowest BCUT2D eigenvalue weighted by Gasteiger charge is -2.28. The Hall–Kier alpha value is -7.14. The van der Waals surface area contributed by atoms with Gasteiger partial charge in [0, 0.05) is 44.3 Å². The van der Waals surface area contributed by atoms with E-state index in [-0.39, 0.29) is 0 Å². The molecule has 0 aliphatic carbocycles. The van der Waals surface area contributed by atoms with Crippen LogP contribution in [-0.4, -0.2) is 12.6 Å². The lowest BCUT2D eigenvalue weighted by atomic mass is 9.99. The van der Waals surface area contributed by atoms with Gasteiger partial charge in [-0.25, -0.2) is 0 Å². The highest BCUT2D eigenvalue weighted by molar-refractivity contribution is 7.04. The molecule has 1 aliphatic rings. The topological polar surface area (TPSA) is 21.3 Å². The highest BCUT2D eigenvalue weighted by Gasteiger charge is 2.39. The van der Waals surface area contributed by atoms with Crippen LogP contribution in [0.1, 0.15) is 0 Å². The molecule has 0 N–H and O–H groups in total. The molecule has 11 aromatic rings. The lowest BCUT2D eigenvalue weighted by molar-refractivity contribution is 0.669. The zero-order valence-electron chi connectivity index (χ0n) is 32.3. The smallest absolute Gasteiger partial charge is 0.136 e. The van der Waals surface area contributed by atoms with E-state index in [4.69, 9.17) is 4.42 Å². The summed E-state index contributed by atoms with van der Waals surface area (Å²) in [7, 11) is -2.10. The Balaban J connectivity index is 1.04. The van der Waals surface area contributed by atoms with Crippen LogP contribution in [-0.2, 0) is 0 Å². The minimum atomic E-state index is -2.10. The molecular formula is C54H38N2OSi. The zero-order valence-corrected chi connectivity index (χ0v) is 33.3. The molecule has 4 heteroatoms. The van der Waals surface area contributed by atoms with Gasteiger partial charge in [0.2, 0.25) is 0 Å². The summed E-state index contributed by atoms with van der Waals surface area (Å²) >= 11 is 0. The average Bonchev–Trinajstić information content (AvgIpc) is 3.89. The van der Waals surface area contributed by atoms with Crippen LogP contribution in [0.2, 0.25) is 13.1 Å². The van der Waals surface area contributed by atoms with Gasteiger partial charge < -0.3 is 13.9 Å². The number of furan rings is 1. The van der Waals surface area contributed by atoms with Gasteiger partial charge in [-0.2, -0.15) is 0 Å². The van der Waals surface area contributed by atoms with Crippen molar-refractivity contribution in [3.63, 3.8) is 0 Å². The van der Waals surface area contributed by atoms with Crippen LogP contribution in [0, 0.1) is 0 Å². The normalized spacial score (nSPS) is 13.1. The minimum absolute atomic E-state index is 0.942. The molecule has 0 atom stereocenters. The first-order valence-electron chi connectivity index (χ1n) is 20.1. The standard InChI is InChI=1S/C54H38N2OSi/c1-58(2)51-31-30-50-53(45-18-7-10-21-49(45)57-50)54(51)46-29-28-42(34-52(46)58)55(39-26-24-36(25-27-39)38-23-22-35-12-3-4-13-37(35)32-38)40-14-11-15-41(33-40)56-47-19-8-5-16-43(47)44-17-6-9-20-48(44)56/h3-34H,1-2H3. The van der Waals surface area contributed by atoms with Crippen molar-refractivity contribution in [2.24, 2.45) is 0 Å². The van der Waals surface area contributed by atoms with Gasteiger partial charge >= 0.3 is 0 Å². The van der Waals surface area contributed by atoms with E-state index in [0.717, 1.165) is 33.9 Å². The number of fused-ring (bicyclic) bond motifs is 11. The SMILES string of the molecule is C[Si]1(C)c2cc(N(c3ccc(-c4ccc5ccccc5c4)cc3)c3cccc(-n4c5ccccc5c5ccccc54)c3)ccc2-c2c1ccc1oc3ccccc3c21. The molecule has 2 aromatic heterocycles. The molecule has 9 aromatic carbocycles. The largest absolute Gasteiger partial charge is 0.456 e. The second kappa shape index (κ2) is 12.4. The monoisotopic (exact) mass is 758 g/mol. The molecule has 3 heterocycles. The first-order valence-corrected chi connectivity index (χ1v) is 23.1. The molecule has 274 valence electrons. The van der Waals surface area contributed by atoms with Crippen LogP contribution < -0.4 is 15.3 Å². The Labute approximate surface area is 337 Å². The number of hydrogen-bond acceptors (Lipinski definition) is 2. The fourth-order valence-corrected chi connectivity index (χ4v) is 12.8. The third-order valence-electron chi connectivity index (χ3n) is 12.6. The van der Waals surface area contributed by atoms with Gasteiger partial charge in [0.05, 0.1) is 11.0 Å². The Morgan fingerprint density at radius 1 is 0.448 bits per heavy atom. The maximum Gasteiger partial charge on any atom is 0.136 e. The molecule has 1 aliphatic heterocycles. The van der Waals surface area contributed by atoms with E-state index in [2.05, 4.69) is 217 Å². The van der Waals surface area contributed by atoms with Crippen LogP contribution >= 0.6 is 0 Å². The summed E-state index contributed by atoms with van der Waals surface area (Å²) in [6.07, 6.45) is 0. The molecule has 0 saturated carbocycles. The molecule has 12 rings (SSSR count). The van der Waals surface area contributed by atoms with Gasteiger partial charge in [-0.3, -0.25) is 0 Å². The van der Waals surface area contributed by atoms with Crippen molar-refractivity contribution in [3.05, 3.63) is 194 Å². The van der Waals surface area contributed by atoms with Gasteiger partial charge in [-0.1, -0.05) is 134 Å². The van der Waals surface area contributed by atoms with E-state index >= 15 is 0 Å². The molecule has 0 unspecified atom stereocenters. The third-order valence-corrected chi connectivity index (χ3v) is 16.1. The van der Waals surface area contributed by atoms with E-state index in [9.17, 15) is 0 Å². The van der Waals surface area contributed by atoms with Crippen molar-refractivity contribution in [2.75, 3.05) is 4.90 Å². The Morgan fingerprint density at radius 2 is 1.10 bits per heavy atom. The fourth-order valence-electron chi connectivity index (χ4n) is 9.76. The highest BCUT2D eigenvalue weighted by Crippen LogP contribution is 2.43. The summed E-state index contributed by atoms with van der Waals surface area (Å²) in [6.45, 7) is 5.00. The third kappa shape index (κ3) is 4.85. The summed E-state index contributed by atoms with van der Waals surface area (Å²) < 4.78 is 8.81. The maximum absolute atomic E-state index is 6.40. The number of nitrogens with zero attached hydrogens (tertiary/aromatic N) is 2. The lowest BCUT2D eigenvalue weighted by Crippen LogP contribution is -2.49. The molecule has 0 bridgehead atoms. The summed E-state index contributed by atoms with van der Waals surface area (Å²) in [5, 5.41) is 10.4. The Morgan fingerprint density at radius 3 is 1.90 bits per heavy atom. The summed E-state index contributed by atoms with van der Waals surface area (Å²) in [6, 6.07) is 71.1. The number of hydrogen-bond donors (Lipinski definition) is 0. The predicted octanol–water partition coefficient (Wildman–Crippen LogP) is 13.8. The van der Waals surface area contributed by atoms with Crippen molar-refractivity contribution in [2.45, 2.75) is 13.1 Å². The number of rotatable bonds is 5. The van der Waals surface area contributed by atoms with Crippen molar-refractivity contribution in [1.82, 2.24) is 4.57 Å². The van der Waals surface area contributed by atoms with Gasteiger partial charge in [-0.15, -0.1) is 0 Å². The zero-order chi connectivity index (χ0) is 38.5. The molecule has 0 saturated heterocycles. The fraction of sp³-hybridized carbons (Fsp3) is 0.0370. The van der Waals surface area contributed by atoms with E-state index in [0.29, 0.717) is 0 Å². The first-order chi connectivity index (χ1) is 28.5. The van der Waals surface area contributed by atoms with Crippen molar-refractivity contribution < 1.29 is 4.42 Å². The van der Waals surface area contributed by atoms with Gasteiger partial charge in [0.1, 0.15) is 19.2 Å². The Bertz CT molecular complexity index is 3390. The maximum atomic E-state index is 6.40. The average molecular weight is 759 g/mol. The van der Waals surface area contributed by atoms with E-state index in [1.165, 1.54) is 76.0 Å². The second-order valence-corrected chi connectivity index (χ2v) is 20.5. The van der Waals surface area contributed by atoms with Crippen LogP contribution in [0.15, 0.2) is 199 Å². The predicted molar refractivity (Wildman–Crippen MR) is 248 cm³/mol. The molecule has 58 heavy (non-hydrogen) atoms. The Kier molecular flexibility index (Phi) is 7.08. The van der Waals surface area contributed by atoms with Gasteiger partial charge in [-0.05, 0) is 116 Å². The summed E-state index contributed by atoms with van der Waals surface area (Å²) in [5.41, 5.74) is 13.9. The van der Waals surface area contributed by atoms with E-state index in [1.807, 2.05) is 0 Å². The number of para-hydroxylation sites is 3. The van der Waals surface area contributed by atoms with E-state index < -0.39 is 8.07 Å². The quantitative estimate of drug-likeness (QED) is 0.163. The van der Waals surface area contributed by atoms with Crippen LogP contribution in [0.5, 0.6) is 0 Å². The molecule has 0 amide bonds. The minimum Gasteiger partial charge on any atom is -0.456 e. The molecular weight excluding hydrogens is 721 g/mol. The summed E-state index contributed by atoms with van der Waals surface area (Å²) in [5.74, 6) is 0. The van der Waals surface area contributed by atoms with Crippen LogP contribution in [0.25, 0.3) is 82.5 Å². The first kappa shape index (κ1) is 33.0. The van der Waals surface area contributed by atoms with Crippen molar-refractivity contribution in [3.8, 4) is 27.9 Å². The summed E-state index contributed by atoms with van der Waals surface area (Å²) in [4.78, 5) is 2.44. The molecule has 0 spiro atoms. The molecule has 3 nitrogen and oxygen atoms in total. The number of benzene rings is 9. The second-order valence-electron chi connectivity index (χ2n) is 16.1. The molecule has 0 fully saturated rings. The van der Waals surface area contributed by atoms with Crippen molar-refractivity contribution in [1.29, 1.82) is 0 Å². The highest BCUT2D eigenvalue weighted by atomic mass is 28.3. The number of anilines is 3. The van der Waals surface area contributed by atoms with Crippen LogP contribution in [0.4, 0.5) is 17.1 Å². The van der Waals surface area contributed by atoms with Gasteiger partial charge in [0.25, 0.3) is 0 Å². The molecule has 0 radical (unpaired) electrons. The van der Waals surface area contributed by atoms with Gasteiger partial charge in [0.15, 0.2) is 0 Å².